The minimum atomic E-state index is 0.574. The molecule has 1 heteroatoms. The molecule has 0 bridgehead atoms. The molecule has 1 rings (SSSR count). The van der Waals surface area contributed by atoms with Crippen LogP contribution >= 0.6 is 0 Å². The third kappa shape index (κ3) is 4.64. The van der Waals surface area contributed by atoms with Gasteiger partial charge in [0.15, 0.2) is 0 Å². The first-order valence-corrected chi connectivity index (χ1v) is 7.22. The van der Waals surface area contributed by atoms with Crippen molar-refractivity contribution >= 4 is 0 Å². The highest BCUT2D eigenvalue weighted by molar-refractivity contribution is 5.41. The van der Waals surface area contributed by atoms with Gasteiger partial charge in [0.25, 0.3) is 0 Å². The largest absolute Gasteiger partial charge is 0.341 e. The maximum absolute atomic E-state index is 3.94. The Morgan fingerprint density at radius 3 is 2.33 bits per heavy atom. The summed E-state index contributed by atoms with van der Waals surface area (Å²) in [7, 11) is 0. The Morgan fingerprint density at radius 2 is 1.76 bits per heavy atom. The Labute approximate surface area is 129 Å². The van der Waals surface area contributed by atoms with Gasteiger partial charge in [-0.1, -0.05) is 69.7 Å². The molecule has 1 aliphatic heterocycles. The minimum Gasteiger partial charge on any atom is -0.341 e. The van der Waals surface area contributed by atoms with Crippen LogP contribution in [0.4, 0.5) is 0 Å². The topological polar surface area (TPSA) is 3.24 Å². The molecule has 0 saturated carbocycles. The zero-order valence-corrected chi connectivity index (χ0v) is 13.0. The van der Waals surface area contributed by atoms with Gasteiger partial charge >= 0.3 is 0 Å². The van der Waals surface area contributed by atoms with Gasteiger partial charge < -0.3 is 4.90 Å². The number of rotatable bonds is 6. The Hall–Kier alpha value is -2.28. The van der Waals surface area contributed by atoms with Crippen LogP contribution < -0.4 is 0 Å². The van der Waals surface area contributed by atoms with Crippen LogP contribution in [0.3, 0.4) is 0 Å². The molecule has 1 unspecified atom stereocenters. The first-order chi connectivity index (χ1) is 10.2. The van der Waals surface area contributed by atoms with Crippen molar-refractivity contribution in [2.45, 2.75) is 13.3 Å². The van der Waals surface area contributed by atoms with E-state index in [1.807, 2.05) is 30.4 Å². The zero-order valence-electron chi connectivity index (χ0n) is 13.0. The van der Waals surface area contributed by atoms with Crippen molar-refractivity contribution in [3.8, 4) is 0 Å². The first kappa shape index (κ1) is 16.8. The fraction of sp³-hybridized carbons (Fsp3) is 0.200. The van der Waals surface area contributed by atoms with E-state index in [1.165, 1.54) is 11.3 Å². The highest BCUT2D eigenvalue weighted by Crippen LogP contribution is 2.33. The predicted molar refractivity (Wildman–Crippen MR) is 94.7 cm³/mol. The molecule has 1 aliphatic rings. The van der Waals surface area contributed by atoms with Gasteiger partial charge in [-0.2, -0.15) is 0 Å². The second-order valence-corrected chi connectivity index (χ2v) is 5.05. The molecule has 0 spiro atoms. The van der Waals surface area contributed by atoms with E-state index in [0.717, 1.165) is 18.7 Å². The van der Waals surface area contributed by atoms with Crippen molar-refractivity contribution in [1.29, 1.82) is 0 Å². The summed E-state index contributed by atoms with van der Waals surface area (Å²) >= 11 is 0. The van der Waals surface area contributed by atoms with Crippen molar-refractivity contribution in [3.05, 3.63) is 98.0 Å². The monoisotopic (exact) mass is 279 g/mol. The Morgan fingerprint density at radius 1 is 1.05 bits per heavy atom. The predicted octanol–water partition coefficient (Wildman–Crippen LogP) is 5.32. The summed E-state index contributed by atoms with van der Waals surface area (Å²) < 4.78 is 0. The average molecular weight is 279 g/mol. The van der Waals surface area contributed by atoms with Gasteiger partial charge in [-0.25, -0.2) is 0 Å². The molecule has 1 heterocycles. The van der Waals surface area contributed by atoms with E-state index < -0.39 is 0 Å². The summed E-state index contributed by atoms with van der Waals surface area (Å²) in [5, 5.41) is 0. The fourth-order valence-electron chi connectivity index (χ4n) is 2.48. The molecule has 1 fully saturated rings. The molecule has 0 aromatic carbocycles. The van der Waals surface area contributed by atoms with Crippen LogP contribution in [0.1, 0.15) is 13.3 Å². The molecule has 0 amide bonds. The molecule has 0 aromatic rings. The highest BCUT2D eigenvalue weighted by Gasteiger charge is 2.24. The lowest BCUT2D eigenvalue weighted by Crippen LogP contribution is -2.33. The number of hydrogen-bond acceptors (Lipinski definition) is 1. The van der Waals surface area contributed by atoms with Gasteiger partial charge in [-0.05, 0) is 36.1 Å². The van der Waals surface area contributed by atoms with Gasteiger partial charge in [-0.15, -0.1) is 0 Å². The lowest BCUT2D eigenvalue weighted by molar-refractivity contribution is 0.330. The van der Waals surface area contributed by atoms with E-state index in [-0.39, 0.29) is 0 Å². The fourth-order valence-corrected chi connectivity index (χ4v) is 2.48. The normalized spacial score (nSPS) is 23.6. The molecule has 1 nitrogen and oxygen atoms in total. The van der Waals surface area contributed by atoms with Crippen molar-refractivity contribution in [2.24, 2.45) is 5.92 Å². The average Bonchev–Trinajstić information content (AvgIpc) is 2.47. The number of allylic oxidation sites excluding steroid dienone is 10. The molecule has 1 atom stereocenters. The van der Waals surface area contributed by atoms with Gasteiger partial charge in [0.2, 0.25) is 0 Å². The van der Waals surface area contributed by atoms with E-state index in [9.17, 15) is 0 Å². The Kier molecular flexibility index (Phi) is 7.03. The third-order valence-electron chi connectivity index (χ3n) is 3.31. The van der Waals surface area contributed by atoms with Crippen molar-refractivity contribution < 1.29 is 0 Å². The molecule has 0 radical (unpaired) electrons. The van der Waals surface area contributed by atoms with Gasteiger partial charge in [-0.3, -0.25) is 0 Å². The van der Waals surface area contributed by atoms with E-state index in [4.69, 9.17) is 0 Å². The van der Waals surface area contributed by atoms with E-state index in [0.29, 0.717) is 5.92 Å². The summed E-state index contributed by atoms with van der Waals surface area (Å²) in [6.45, 7) is 18.5. The summed E-state index contributed by atoms with van der Waals surface area (Å²) in [4.78, 5) is 2.28. The van der Waals surface area contributed by atoms with Crippen LogP contribution in [0, 0.1) is 5.92 Å². The molecule has 21 heavy (non-hydrogen) atoms. The van der Waals surface area contributed by atoms with Crippen LogP contribution in [0.25, 0.3) is 0 Å². The second-order valence-electron chi connectivity index (χ2n) is 5.05. The van der Waals surface area contributed by atoms with Crippen molar-refractivity contribution in [2.75, 3.05) is 6.54 Å². The molecule has 0 aromatic heterocycles. The molecular formula is C20H25N. The van der Waals surface area contributed by atoms with Gasteiger partial charge in [0.05, 0.1) is 0 Å². The first-order valence-electron chi connectivity index (χ1n) is 7.22. The zero-order chi connectivity index (χ0) is 15.7. The van der Waals surface area contributed by atoms with E-state index >= 15 is 0 Å². The number of nitrogens with zero attached hydrogens (tertiary/aromatic N) is 1. The van der Waals surface area contributed by atoms with Crippen LogP contribution in [-0.2, 0) is 0 Å². The SMILES string of the molecule is C=C/C=C\C=C(/C=C)N1CC(C)CC(=C/C=C)/C1=C\C=C. The Bertz CT molecular complexity index is 526. The van der Waals surface area contributed by atoms with Crippen LogP contribution in [0.15, 0.2) is 98.0 Å². The van der Waals surface area contributed by atoms with Crippen LogP contribution in [0.5, 0.6) is 0 Å². The lowest BCUT2D eigenvalue weighted by atomic mass is 9.91. The van der Waals surface area contributed by atoms with Crippen LogP contribution in [-0.4, -0.2) is 11.4 Å². The quantitative estimate of drug-likeness (QED) is 0.595. The number of likely N-dealkylation sites (tertiary alicyclic amines) is 1. The second kappa shape index (κ2) is 8.80. The van der Waals surface area contributed by atoms with Gasteiger partial charge in [0.1, 0.15) is 0 Å². The summed E-state index contributed by atoms with van der Waals surface area (Å²) in [5.41, 5.74) is 3.52. The molecule has 1 saturated heterocycles. The molecule has 110 valence electrons. The summed E-state index contributed by atoms with van der Waals surface area (Å²) in [5.74, 6) is 0.574. The van der Waals surface area contributed by atoms with Crippen LogP contribution in [0.2, 0.25) is 0 Å². The number of piperidine rings is 1. The summed E-state index contributed by atoms with van der Waals surface area (Å²) in [6.07, 6.45) is 18.4. The smallest absolute Gasteiger partial charge is 0.0443 e. The van der Waals surface area contributed by atoms with Crippen molar-refractivity contribution in [3.63, 3.8) is 0 Å². The Balaban J connectivity index is 3.26. The molecular weight excluding hydrogens is 254 g/mol. The third-order valence-corrected chi connectivity index (χ3v) is 3.31. The van der Waals surface area contributed by atoms with Gasteiger partial charge in [0, 0.05) is 17.9 Å². The maximum atomic E-state index is 3.94. The summed E-state index contributed by atoms with van der Waals surface area (Å²) in [6, 6.07) is 0. The minimum absolute atomic E-state index is 0.574. The lowest BCUT2D eigenvalue weighted by Gasteiger charge is -2.37. The maximum Gasteiger partial charge on any atom is 0.0443 e. The number of hydrogen-bond donors (Lipinski definition) is 0. The van der Waals surface area contributed by atoms with E-state index in [1.54, 1.807) is 6.08 Å². The molecule has 0 aliphatic carbocycles. The highest BCUT2D eigenvalue weighted by atomic mass is 15.2. The van der Waals surface area contributed by atoms with E-state index in [2.05, 4.69) is 56.4 Å². The standard InChI is InChI=1S/C20H25N/c1-6-10-11-14-19(9-4)21-16-17(5)15-18(12-7-2)20(21)13-8-3/h6-14,17H,1-4,15-16H2,5H3/b11-10-,18-12-,19-14+,20-13+. The molecule has 0 N–H and O–H groups in total. The van der Waals surface area contributed by atoms with Crippen molar-refractivity contribution in [1.82, 2.24) is 4.90 Å².